The number of rotatable bonds is 4. The summed E-state index contributed by atoms with van der Waals surface area (Å²) >= 11 is 3.32. The Bertz CT molecular complexity index is 893. The molecule has 2 N–H and O–H groups in total. The maximum absolute atomic E-state index is 6.32. The first kappa shape index (κ1) is 16.8. The average Bonchev–Trinajstić information content (AvgIpc) is 2.98. The van der Waals surface area contributed by atoms with E-state index in [1.807, 2.05) is 18.2 Å². The molecule has 0 unspecified atom stereocenters. The molecule has 25 heavy (non-hydrogen) atoms. The number of fused-ring (bicyclic) bond motifs is 3. The van der Waals surface area contributed by atoms with Crippen molar-refractivity contribution in [3.05, 3.63) is 46.3 Å². The normalized spacial score (nSPS) is 17.2. The summed E-state index contributed by atoms with van der Waals surface area (Å²) in [5.41, 5.74) is 8.87. The summed E-state index contributed by atoms with van der Waals surface area (Å²) in [4.78, 5) is 11.6. The fourth-order valence-corrected chi connectivity index (χ4v) is 5.10. The van der Waals surface area contributed by atoms with Crippen LogP contribution in [0.15, 0.2) is 35.5 Å². The summed E-state index contributed by atoms with van der Waals surface area (Å²) < 4.78 is 5.99. The van der Waals surface area contributed by atoms with Gasteiger partial charge in [-0.2, -0.15) is 0 Å². The van der Waals surface area contributed by atoms with E-state index in [0.29, 0.717) is 18.3 Å². The summed E-state index contributed by atoms with van der Waals surface area (Å²) in [6.45, 7) is 5.05. The second-order valence-electron chi connectivity index (χ2n) is 6.65. The number of thiophene rings is 1. The largest absolute Gasteiger partial charge is 0.383 e. The third kappa shape index (κ3) is 3.38. The molecule has 0 spiro atoms. The SMILES string of the molecule is CC(C)[C@H]1Cc2c(sc3nc(SCc4ccccc4)nc(N)c23)CO1. The zero-order valence-electron chi connectivity index (χ0n) is 14.4. The maximum atomic E-state index is 6.32. The molecular formula is C19H21N3OS2. The van der Waals surface area contributed by atoms with E-state index in [1.54, 1.807) is 23.1 Å². The first-order valence-corrected chi connectivity index (χ1v) is 10.3. The Morgan fingerprint density at radius 2 is 2.08 bits per heavy atom. The van der Waals surface area contributed by atoms with E-state index < -0.39 is 0 Å². The summed E-state index contributed by atoms with van der Waals surface area (Å²) in [5, 5.41) is 1.78. The highest BCUT2D eigenvalue weighted by Crippen LogP contribution is 2.39. The fourth-order valence-electron chi connectivity index (χ4n) is 3.10. The molecule has 4 rings (SSSR count). The van der Waals surface area contributed by atoms with Gasteiger partial charge in [-0.1, -0.05) is 55.9 Å². The van der Waals surface area contributed by atoms with E-state index in [2.05, 4.69) is 31.0 Å². The van der Waals surface area contributed by atoms with E-state index in [-0.39, 0.29) is 6.10 Å². The van der Waals surface area contributed by atoms with Crippen molar-refractivity contribution in [2.24, 2.45) is 5.92 Å². The number of aromatic nitrogens is 2. The molecule has 1 aliphatic rings. The standard InChI is InChI=1S/C19H21N3OS2/c1-11(2)14-8-13-15(9-23-14)25-18-16(13)17(20)21-19(22-18)24-10-12-6-4-3-5-7-12/h3-7,11,14H,8-10H2,1-2H3,(H2,20,21,22)/t14-/m1/s1. The third-order valence-corrected chi connectivity index (χ3v) is 6.55. The van der Waals surface area contributed by atoms with Crippen molar-refractivity contribution in [1.82, 2.24) is 9.97 Å². The lowest BCUT2D eigenvalue weighted by Gasteiger charge is -2.26. The van der Waals surface area contributed by atoms with Crippen LogP contribution < -0.4 is 5.73 Å². The van der Waals surface area contributed by atoms with Gasteiger partial charge in [0.25, 0.3) is 0 Å². The molecule has 6 heteroatoms. The smallest absolute Gasteiger partial charge is 0.191 e. The Labute approximate surface area is 155 Å². The van der Waals surface area contributed by atoms with Crippen molar-refractivity contribution < 1.29 is 4.74 Å². The number of nitrogen functional groups attached to an aromatic ring is 1. The van der Waals surface area contributed by atoms with Crippen LogP contribution in [0.25, 0.3) is 10.2 Å². The van der Waals surface area contributed by atoms with E-state index in [0.717, 1.165) is 27.5 Å². The lowest BCUT2D eigenvalue weighted by molar-refractivity contribution is 0.00203. The molecule has 0 fully saturated rings. The minimum Gasteiger partial charge on any atom is -0.383 e. The molecule has 3 heterocycles. The van der Waals surface area contributed by atoms with Gasteiger partial charge < -0.3 is 10.5 Å². The molecule has 0 radical (unpaired) electrons. The van der Waals surface area contributed by atoms with Crippen LogP contribution in [0, 0.1) is 5.92 Å². The highest BCUT2D eigenvalue weighted by Gasteiger charge is 2.27. The van der Waals surface area contributed by atoms with Crippen molar-refractivity contribution in [3.63, 3.8) is 0 Å². The van der Waals surface area contributed by atoms with Gasteiger partial charge in [-0.3, -0.25) is 0 Å². The van der Waals surface area contributed by atoms with Crippen molar-refractivity contribution in [2.45, 2.75) is 43.9 Å². The molecule has 1 aliphatic heterocycles. The molecule has 3 aromatic rings. The number of anilines is 1. The topological polar surface area (TPSA) is 61.0 Å². The number of hydrogen-bond acceptors (Lipinski definition) is 6. The summed E-state index contributed by atoms with van der Waals surface area (Å²) in [5.74, 6) is 1.93. The van der Waals surface area contributed by atoms with Gasteiger partial charge in [0, 0.05) is 17.1 Å². The van der Waals surface area contributed by atoms with Crippen molar-refractivity contribution in [2.75, 3.05) is 5.73 Å². The molecular weight excluding hydrogens is 350 g/mol. The molecule has 130 valence electrons. The van der Waals surface area contributed by atoms with Crippen LogP contribution in [0.3, 0.4) is 0 Å². The molecule has 0 saturated heterocycles. The van der Waals surface area contributed by atoms with Crippen molar-refractivity contribution in [3.8, 4) is 0 Å². The average molecular weight is 372 g/mol. The lowest BCUT2D eigenvalue weighted by atomic mass is 9.96. The van der Waals surface area contributed by atoms with Crippen LogP contribution in [0.2, 0.25) is 0 Å². The molecule has 1 aromatic carbocycles. The predicted molar refractivity (Wildman–Crippen MR) is 105 cm³/mol. The van der Waals surface area contributed by atoms with E-state index >= 15 is 0 Å². The lowest BCUT2D eigenvalue weighted by Crippen LogP contribution is -2.26. The molecule has 0 bridgehead atoms. The minimum atomic E-state index is 0.247. The molecule has 0 amide bonds. The van der Waals surface area contributed by atoms with Gasteiger partial charge in [-0.05, 0) is 17.0 Å². The van der Waals surface area contributed by atoms with Gasteiger partial charge >= 0.3 is 0 Å². The zero-order valence-corrected chi connectivity index (χ0v) is 16.0. The molecule has 1 atom stereocenters. The summed E-state index contributed by atoms with van der Waals surface area (Å²) in [6, 6.07) is 10.3. The first-order valence-electron chi connectivity index (χ1n) is 8.48. The Kier molecular flexibility index (Phi) is 4.67. The van der Waals surface area contributed by atoms with Crippen molar-refractivity contribution in [1.29, 1.82) is 0 Å². The van der Waals surface area contributed by atoms with Gasteiger partial charge in [-0.25, -0.2) is 9.97 Å². The highest BCUT2D eigenvalue weighted by molar-refractivity contribution is 7.98. The maximum Gasteiger partial charge on any atom is 0.191 e. The van der Waals surface area contributed by atoms with Crippen LogP contribution in [-0.4, -0.2) is 16.1 Å². The summed E-state index contributed by atoms with van der Waals surface area (Å²) in [7, 11) is 0. The Hall–Kier alpha value is -1.63. The predicted octanol–water partition coefficient (Wildman–Crippen LogP) is 4.66. The van der Waals surface area contributed by atoms with E-state index in [4.69, 9.17) is 15.5 Å². The quantitative estimate of drug-likeness (QED) is 0.534. The zero-order chi connectivity index (χ0) is 17.4. The number of thioether (sulfide) groups is 1. The van der Waals surface area contributed by atoms with Crippen LogP contribution in [0.4, 0.5) is 5.82 Å². The van der Waals surface area contributed by atoms with Gasteiger partial charge in [0.2, 0.25) is 0 Å². The Morgan fingerprint density at radius 3 is 2.84 bits per heavy atom. The highest BCUT2D eigenvalue weighted by atomic mass is 32.2. The fraction of sp³-hybridized carbons (Fsp3) is 0.368. The second kappa shape index (κ2) is 6.94. The first-order chi connectivity index (χ1) is 12.1. The van der Waals surface area contributed by atoms with Crippen molar-refractivity contribution >= 4 is 39.1 Å². The molecule has 4 nitrogen and oxygen atoms in total. The molecule has 0 aliphatic carbocycles. The molecule has 0 saturated carbocycles. The number of benzene rings is 1. The second-order valence-corrected chi connectivity index (χ2v) is 8.67. The van der Waals surface area contributed by atoms with Gasteiger partial charge in [0.15, 0.2) is 5.16 Å². The van der Waals surface area contributed by atoms with Crippen LogP contribution in [-0.2, 0) is 23.5 Å². The minimum absolute atomic E-state index is 0.247. The van der Waals surface area contributed by atoms with E-state index in [1.165, 1.54) is 16.0 Å². The van der Waals surface area contributed by atoms with Crippen LogP contribution in [0.5, 0.6) is 0 Å². The monoisotopic (exact) mass is 371 g/mol. The number of nitrogens with two attached hydrogens (primary N) is 1. The summed E-state index contributed by atoms with van der Waals surface area (Å²) in [6.07, 6.45) is 1.15. The van der Waals surface area contributed by atoms with Gasteiger partial charge in [0.1, 0.15) is 10.6 Å². The molecule has 2 aromatic heterocycles. The van der Waals surface area contributed by atoms with Crippen LogP contribution in [0.1, 0.15) is 29.9 Å². The Morgan fingerprint density at radius 1 is 1.28 bits per heavy atom. The number of hydrogen-bond donors (Lipinski definition) is 1. The third-order valence-electron chi connectivity index (χ3n) is 4.53. The van der Waals surface area contributed by atoms with Crippen LogP contribution >= 0.6 is 23.1 Å². The van der Waals surface area contributed by atoms with Gasteiger partial charge in [0.05, 0.1) is 18.1 Å². The Balaban J connectivity index is 1.63. The number of nitrogens with zero attached hydrogens (tertiary/aromatic N) is 2. The number of ether oxygens (including phenoxy) is 1. The van der Waals surface area contributed by atoms with Gasteiger partial charge in [-0.15, -0.1) is 11.3 Å². The van der Waals surface area contributed by atoms with E-state index in [9.17, 15) is 0 Å².